The molecule has 0 radical (unpaired) electrons. The minimum absolute atomic E-state index is 0.0445. The molecule has 9 nitrogen and oxygen atoms in total. The molecule has 1 aliphatic rings. The summed E-state index contributed by atoms with van der Waals surface area (Å²) in [6.07, 6.45) is 0.0445. The number of amides is 2. The van der Waals surface area contributed by atoms with Crippen LogP contribution in [0.4, 0.5) is 5.69 Å². The van der Waals surface area contributed by atoms with E-state index in [0.717, 1.165) is 0 Å². The molecule has 3 N–H and O–H groups in total. The van der Waals surface area contributed by atoms with Gasteiger partial charge < -0.3 is 20.5 Å². The second kappa shape index (κ2) is 9.90. The lowest BCUT2D eigenvalue weighted by Gasteiger charge is -2.26. The highest BCUT2D eigenvalue weighted by atomic mass is 32.2. The molecule has 2 aromatic rings. The molecule has 2 aromatic carbocycles. The van der Waals surface area contributed by atoms with Crippen molar-refractivity contribution in [3.05, 3.63) is 53.6 Å². The van der Waals surface area contributed by atoms with Gasteiger partial charge >= 0.3 is 0 Å². The van der Waals surface area contributed by atoms with Crippen molar-refractivity contribution in [2.45, 2.75) is 18.2 Å². The van der Waals surface area contributed by atoms with E-state index in [9.17, 15) is 18.0 Å². The molecule has 3 rings (SSSR count). The number of anilines is 1. The van der Waals surface area contributed by atoms with Gasteiger partial charge in [0, 0.05) is 18.7 Å². The third-order valence-electron chi connectivity index (χ3n) is 4.80. The zero-order valence-corrected chi connectivity index (χ0v) is 18.0. The maximum absolute atomic E-state index is 13.0. The van der Waals surface area contributed by atoms with Gasteiger partial charge in [0.15, 0.2) is 0 Å². The molecular weight excluding hydrogens is 422 g/mol. The van der Waals surface area contributed by atoms with Gasteiger partial charge in [-0.2, -0.15) is 4.31 Å². The van der Waals surface area contributed by atoms with Gasteiger partial charge in [0.2, 0.25) is 15.9 Å². The number of carbonyl (C=O) groups is 2. The number of hydrogen-bond donors (Lipinski definition) is 2. The maximum Gasteiger partial charge on any atom is 0.256 e. The van der Waals surface area contributed by atoms with Gasteiger partial charge in [-0.05, 0) is 36.8 Å². The lowest BCUT2D eigenvalue weighted by atomic mass is 10.1. The number of benzene rings is 2. The minimum Gasteiger partial charge on any atom is -0.491 e. The van der Waals surface area contributed by atoms with Crippen LogP contribution < -0.4 is 15.8 Å². The number of para-hydroxylation sites is 2. The summed E-state index contributed by atoms with van der Waals surface area (Å²) in [6, 6.07) is 11.3. The van der Waals surface area contributed by atoms with Crippen molar-refractivity contribution in [1.29, 1.82) is 0 Å². The third-order valence-corrected chi connectivity index (χ3v) is 6.70. The predicted molar refractivity (Wildman–Crippen MR) is 114 cm³/mol. The van der Waals surface area contributed by atoms with Crippen LogP contribution in [0, 0.1) is 6.92 Å². The highest BCUT2D eigenvalue weighted by Crippen LogP contribution is 2.26. The first kappa shape index (κ1) is 22.7. The molecular formula is C21H25N3O6S. The Hall–Kier alpha value is -2.95. The number of morpholine rings is 1. The first-order valence-corrected chi connectivity index (χ1v) is 11.2. The van der Waals surface area contributed by atoms with E-state index < -0.39 is 21.8 Å². The molecule has 0 spiro atoms. The van der Waals surface area contributed by atoms with Crippen LogP contribution in [0.3, 0.4) is 0 Å². The van der Waals surface area contributed by atoms with Crippen LogP contribution in [0.1, 0.15) is 22.3 Å². The van der Waals surface area contributed by atoms with Crippen molar-refractivity contribution in [2.24, 2.45) is 5.73 Å². The molecule has 0 saturated carbocycles. The summed E-state index contributed by atoms with van der Waals surface area (Å²) in [5, 5.41) is 2.76. The molecule has 0 aliphatic carbocycles. The smallest absolute Gasteiger partial charge is 0.256 e. The number of hydrogen-bond acceptors (Lipinski definition) is 6. The summed E-state index contributed by atoms with van der Waals surface area (Å²) in [6.45, 7) is 3.03. The number of primary amides is 1. The number of ether oxygens (including phenoxy) is 2. The first-order valence-electron chi connectivity index (χ1n) is 9.79. The van der Waals surface area contributed by atoms with Crippen molar-refractivity contribution in [3.63, 3.8) is 0 Å². The number of sulfonamides is 1. The van der Waals surface area contributed by atoms with Gasteiger partial charge in [-0.3, -0.25) is 9.59 Å². The van der Waals surface area contributed by atoms with Gasteiger partial charge in [0.1, 0.15) is 5.75 Å². The largest absolute Gasteiger partial charge is 0.491 e. The number of nitrogens with two attached hydrogens (primary N) is 1. The molecule has 10 heteroatoms. The number of rotatable bonds is 8. The molecule has 2 amide bonds. The molecule has 0 aromatic heterocycles. The van der Waals surface area contributed by atoms with Crippen molar-refractivity contribution in [1.82, 2.24) is 4.31 Å². The lowest BCUT2D eigenvalue weighted by Crippen LogP contribution is -2.40. The number of nitrogens with one attached hydrogen (secondary N) is 1. The quantitative estimate of drug-likeness (QED) is 0.632. The van der Waals surface area contributed by atoms with Gasteiger partial charge in [0.05, 0.1) is 36.8 Å². The Morgan fingerprint density at radius 2 is 1.87 bits per heavy atom. The average molecular weight is 448 g/mol. The first-order chi connectivity index (χ1) is 14.8. The second-order valence-corrected chi connectivity index (χ2v) is 8.95. The van der Waals surface area contributed by atoms with Crippen LogP contribution in [0.15, 0.2) is 47.4 Å². The molecule has 1 fully saturated rings. The zero-order valence-electron chi connectivity index (χ0n) is 17.2. The van der Waals surface area contributed by atoms with Crippen LogP contribution in [-0.4, -0.2) is 57.4 Å². The number of nitrogens with zero attached hydrogens (tertiary/aromatic N) is 1. The van der Waals surface area contributed by atoms with E-state index in [1.807, 2.05) is 0 Å². The summed E-state index contributed by atoms with van der Waals surface area (Å²) in [4.78, 5) is 23.9. The van der Waals surface area contributed by atoms with Crippen LogP contribution >= 0.6 is 0 Å². The standard InChI is InChI=1S/C21H25N3O6S/c1-15-6-7-16(31(27,28)24-9-12-29-13-10-24)14-17(15)21(26)23-18-4-2-3-5-19(18)30-11-8-20(22)25/h2-7,14H,8-13H2,1H3,(H2,22,25)(H,23,26). The fourth-order valence-electron chi connectivity index (χ4n) is 3.09. The monoisotopic (exact) mass is 447 g/mol. The van der Waals surface area contributed by atoms with Crippen molar-refractivity contribution >= 4 is 27.5 Å². The van der Waals surface area contributed by atoms with Crippen LogP contribution in [0.25, 0.3) is 0 Å². The Morgan fingerprint density at radius 3 is 2.58 bits per heavy atom. The fraction of sp³-hybridized carbons (Fsp3) is 0.333. The van der Waals surface area contributed by atoms with Crippen molar-refractivity contribution < 1.29 is 27.5 Å². The molecule has 0 atom stereocenters. The molecule has 0 bridgehead atoms. The van der Waals surface area contributed by atoms with Crippen molar-refractivity contribution in [2.75, 3.05) is 38.2 Å². The summed E-state index contributed by atoms with van der Waals surface area (Å²) in [5.74, 6) is -0.579. The average Bonchev–Trinajstić information content (AvgIpc) is 2.75. The van der Waals surface area contributed by atoms with Crippen LogP contribution in [0.5, 0.6) is 5.75 Å². The maximum atomic E-state index is 13.0. The van der Waals surface area contributed by atoms with Gasteiger partial charge in [0.25, 0.3) is 5.91 Å². The minimum atomic E-state index is -3.73. The zero-order chi connectivity index (χ0) is 22.4. The highest BCUT2D eigenvalue weighted by molar-refractivity contribution is 7.89. The van der Waals surface area contributed by atoms with Gasteiger partial charge in [-0.1, -0.05) is 18.2 Å². The predicted octanol–water partition coefficient (Wildman–Crippen LogP) is 1.52. The van der Waals surface area contributed by atoms with Crippen molar-refractivity contribution in [3.8, 4) is 5.75 Å². The molecule has 166 valence electrons. The van der Waals surface area contributed by atoms with Gasteiger partial charge in [-0.25, -0.2) is 8.42 Å². The van der Waals surface area contributed by atoms with E-state index in [0.29, 0.717) is 30.2 Å². The fourth-order valence-corrected chi connectivity index (χ4v) is 4.52. The third kappa shape index (κ3) is 5.60. The Morgan fingerprint density at radius 1 is 1.16 bits per heavy atom. The Labute approximate surface area is 181 Å². The molecule has 1 heterocycles. The van der Waals surface area contributed by atoms with E-state index in [1.54, 1.807) is 37.3 Å². The molecule has 0 unspecified atom stereocenters. The number of carbonyl (C=O) groups excluding carboxylic acids is 2. The molecule has 31 heavy (non-hydrogen) atoms. The molecule has 1 saturated heterocycles. The summed E-state index contributed by atoms with van der Waals surface area (Å²) in [5.41, 5.74) is 6.39. The topological polar surface area (TPSA) is 128 Å². The Kier molecular flexibility index (Phi) is 7.26. The SMILES string of the molecule is Cc1ccc(S(=O)(=O)N2CCOCC2)cc1C(=O)Nc1ccccc1OCCC(N)=O. The molecule has 1 aliphatic heterocycles. The number of aryl methyl sites for hydroxylation is 1. The highest BCUT2D eigenvalue weighted by Gasteiger charge is 2.27. The summed E-state index contributed by atoms with van der Waals surface area (Å²) >= 11 is 0. The second-order valence-electron chi connectivity index (χ2n) is 7.01. The lowest BCUT2D eigenvalue weighted by molar-refractivity contribution is -0.118. The Bertz CT molecular complexity index is 1060. The normalized spacial score (nSPS) is 14.7. The van der Waals surface area contributed by atoms with E-state index in [-0.39, 0.29) is 36.6 Å². The van der Waals surface area contributed by atoms with Gasteiger partial charge in [-0.15, -0.1) is 0 Å². The Balaban J connectivity index is 1.81. The van der Waals surface area contributed by atoms with E-state index in [2.05, 4.69) is 5.32 Å². The summed E-state index contributed by atoms with van der Waals surface area (Å²) < 4.78 is 38.0. The summed E-state index contributed by atoms with van der Waals surface area (Å²) in [7, 11) is -3.73. The van der Waals surface area contributed by atoms with E-state index in [1.165, 1.54) is 16.4 Å². The van der Waals surface area contributed by atoms with E-state index >= 15 is 0 Å². The van der Waals surface area contributed by atoms with Crippen LogP contribution in [0.2, 0.25) is 0 Å². The van der Waals surface area contributed by atoms with Crippen LogP contribution in [-0.2, 0) is 19.6 Å². The van der Waals surface area contributed by atoms with E-state index in [4.69, 9.17) is 15.2 Å².